The Hall–Kier alpha value is -1.25. The molecule has 2 rings (SSSR count). The molecule has 0 radical (unpaired) electrons. The smallest absolute Gasteiger partial charge is 0.267 e. The second kappa shape index (κ2) is 4.32. The minimum Gasteiger partial charge on any atom is -0.317 e. The maximum absolute atomic E-state index is 11.7. The topological polar surface area (TPSA) is 65.6 Å². The number of hydrogen-bond acceptors (Lipinski definition) is 4. The molecule has 0 fully saturated rings. The van der Waals surface area contributed by atoms with Gasteiger partial charge in [0.2, 0.25) is 0 Å². The van der Waals surface area contributed by atoms with Crippen LogP contribution in [0.15, 0.2) is 17.3 Å². The van der Waals surface area contributed by atoms with Crippen molar-refractivity contribution in [3.05, 3.63) is 38.1 Å². The van der Waals surface area contributed by atoms with E-state index in [-0.39, 0.29) is 5.56 Å². The van der Waals surface area contributed by atoms with Gasteiger partial charge in [0.05, 0.1) is 16.4 Å². The van der Waals surface area contributed by atoms with E-state index in [4.69, 9.17) is 0 Å². The predicted molar refractivity (Wildman–Crippen MR) is 66.1 cm³/mol. The van der Waals surface area contributed by atoms with Crippen LogP contribution in [0.1, 0.15) is 11.6 Å². The summed E-state index contributed by atoms with van der Waals surface area (Å²) in [5, 5.41) is 7.94. The molecule has 0 N–H and O–H groups in total. The maximum atomic E-state index is 11.7. The third-order valence-electron chi connectivity index (χ3n) is 2.35. The zero-order valence-electron chi connectivity index (χ0n) is 8.88. The van der Waals surface area contributed by atoms with Crippen LogP contribution < -0.4 is 5.56 Å². The molecule has 0 amide bonds. The van der Waals surface area contributed by atoms with Crippen molar-refractivity contribution >= 4 is 22.6 Å². The van der Waals surface area contributed by atoms with Gasteiger partial charge in [0, 0.05) is 13.2 Å². The SMILES string of the molecule is Cc1nnc(Cn2cncc(I)c2=O)n1C. The summed E-state index contributed by atoms with van der Waals surface area (Å²) in [6.45, 7) is 2.26. The molecule has 0 saturated heterocycles. The summed E-state index contributed by atoms with van der Waals surface area (Å²) in [6.07, 6.45) is 3.05. The average Bonchev–Trinajstić information content (AvgIpc) is 2.57. The first-order chi connectivity index (χ1) is 7.59. The number of halogens is 1. The molecule has 2 heterocycles. The first kappa shape index (κ1) is 11.2. The fraction of sp³-hybridized carbons (Fsp3) is 0.333. The lowest BCUT2D eigenvalue weighted by molar-refractivity contribution is 0.657. The van der Waals surface area contributed by atoms with Crippen LogP contribution in [-0.2, 0) is 13.6 Å². The Labute approximate surface area is 105 Å². The molecule has 0 aliphatic carbocycles. The third-order valence-corrected chi connectivity index (χ3v) is 3.09. The minimum absolute atomic E-state index is 0.0590. The van der Waals surface area contributed by atoms with Crippen LogP contribution in [0.25, 0.3) is 0 Å². The monoisotopic (exact) mass is 331 g/mol. The lowest BCUT2D eigenvalue weighted by Gasteiger charge is -2.04. The molecule has 84 valence electrons. The normalized spacial score (nSPS) is 10.7. The first-order valence-corrected chi connectivity index (χ1v) is 5.72. The summed E-state index contributed by atoms with van der Waals surface area (Å²) < 4.78 is 3.97. The van der Waals surface area contributed by atoms with Crippen molar-refractivity contribution in [2.75, 3.05) is 0 Å². The highest BCUT2D eigenvalue weighted by Crippen LogP contribution is 2.00. The molecule has 16 heavy (non-hydrogen) atoms. The van der Waals surface area contributed by atoms with E-state index >= 15 is 0 Å². The molecule has 0 aliphatic rings. The van der Waals surface area contributed by atoms with Crippen LogP contribution in [0.3, 0.4) is 0 Å². The zero-order chi connectivity index (χ0) is 11.7. The van der Waals surface area contributed by atoms with Gasteiger partial charge in [-0.2, -0.15) is 0 Å². The van der Waals surface area contributed by atoms with Crippen molar-refractivity contribution in [3.8, 4) is 0 Å². The molecule has 0 atom stereocenters. The molecule has 2 aromatic rings. The Balaban J connectivity index is 2.38. The summed E-state index contributed by atoms with van der Waals surface area (Å²) in [5.41, 5.74) is -0.0590. The molecule has 0 spiro atoms. The maximum Gasteiger partial charge on any atom is 0.267 e. The zero-order valence-corrected chi connectivity index (χ0v) is 11.0. The summed E-state index contributed by atoms with van der Waals surface area (Å²) >= 11 is 1.97. The van der Waals surface area contributed by atoms with Crippen LogP contribution in [0.2, 0.25) is 0 Å². The van der Waals surface area contributed by atoms with Crippen molar-refractivity contribution in [2.45, 2.75) is 13.5 Å². The summed E-state index contributed by atoms with van der Waals surface area (Å²) in [6, 6.07) is 0. The fourth-order valence-corrected chi connectivity index (χ4v) is 1.75. The van der Waals surface area contributed by atoms with Gasteiger partial charge < -0.3 is 4.57 Å². The lowest BCUT2D eigenvalue weighted by atomic mass is 10.5. The number of nitrogens with zero attached hydrogens (tertiary/aromatic N) is 5. The van der Waals surface area contributed by atoms with Gasteiger partial charge in [0.15, 0.2) is 5.82 Å². The van der Waals surface area contributed by atoms with Gasteiger partial charge in [-0.25, -0.2) is 4.98 Å². The average molecular weight is 331 g/mol. The van der Waals surface area contributed by atoms with Crippen molar-refractivity contribution in [2.24, 2.45) is 7.05 Å². The molecule has 0 aromatic carbocycles. The Morgan fingerprint density at radius 2 is 2.19 bits per heavy atom. The highest BCUT2D eigenvalue weighted by Gasteiger charge is 2.07. The first-order valence-electron chi connectivity index (χ1n) is 4.64. The van der Waals surface area contributed by atoms with Gasteiger partial charge in [-0.1, -0.05) is 0 Å². The van der Waals surface area contributed by atoms with Gasteiger partial charge in [-0.3, -0.25) is 9.36 Å². The van der Waals surface area contributed by atoms with Crippen molar-refractivity contribution in [1.29, 1.82) is 0 Å². The number of aryl methyl sites for hydroxylation is 1. The Morgan fingerprint density at radius 1 is 1.44 bits per heavy atom. The standard InChI is InChI=1S/C9H10IN5O/c1-6-12-13-8(14(6)2)4-15-5-11-3-7(10)9(15)16/h3,5H,4H2,1-2H3. The molecule has 0 aliphatic heterocycles. The predicted octanol–water partition coefficient (Wildman–Crippen LogP) is 0.333. The molecule has 0 unspecified atom stereocenters. The Kier molecular flexibility index (Phi) is 3.03. The molecule has 7 heteroatoms. The van der Waals surface area contributed by atoms with Gasteiger partial charge in [0.25, 0.3) is 5.56 Å². The second-order valence-electron chi connectivity index (χ2n) is 3.40. The molecule has 6 nitrogen and oxygen atoms in total. The summed E-state index contributed by atoms with van der Waals surface area (Å²) in [5.74, 6) is 1.56. The van der Waals surface area contributed by atoms with Crippen molar-refractivity contribution in [1.82, 2.24) is 24.3 Å². The quantitative estimate of drug-likeness (QED) is 0.744. The highest BCUT2D eigenvalue weighted by atomic mass is 127. The Bertz CT molecular complexity index is 574. The summed E-state index contributed by atoms with van der Waals surface area (Å²) in [7, 11) is 1.87. The second-order valence-corrected chi connectivity index (χ2v) is 4.56. The van der Waals surface area contributed by atoms with E-state index in [0.717, 1.165) is 11.6 Å². The molecular formula is C9H10IN5O. The number of aromatic nitrogens is 5. The van der Waals surface area contributed by atoms with E-state index in [1.54, 1.807) is 6.20 Å². The van der Waals surface area contributed by atoms with E-state index in [1.807, 2.05) is 41.1 Å². The highest BCUT2D eigenvalue weighted by molar-refractivity contribution is 14.1. The van der Waals surface area contributed by atoms with Gasteiger partial charge in [-0.05, 0) is 29.5 Å². The van der Waals surface area contributed by atoms with E-state index in [0.29, 0.717) is 10.1 Å². The van der Waals surface area contributed by atoms with E-state index in [2.05, 4.69) is 15.2 Å². The molecule has 2 aromatic heterocycles. The van der Waals surface area contributed by atoms with Crippen LogP contribution in [0.4, 0.5) is 0 Å². The molecule has 0 saturated carbocycles. The largest absolute Gasteiger partial charge is 0.317 e. The number of rotatable bonds is 2. The number of hydrogen-bond donors (Lipinski definition) is 0. The third kappa shape index (κ3) is 1.99. The van der Waals surface area contributed by atoms with E-state index < -0.39 is 0 Å². The van der Waals surface area contributed by atoms with Crippen LogP contribution in [-0.4, -0.2) is 24.3 Å². The van der Waals surface area contributed by atoms with Crippen LogP contribution >= 0.6 is 22.6 Å². The van der Waals surface area contributed by atoms with Gasteiger partial charge in [0.1, 0.15) is 5.82 Å². The lowest BCUT2D eigenvalue weighted by Crippen LogP contribution is -2.24. The molecule has 0 bridgehead atoms. The van der Waals surface area contributed by atoms with Crippen LogP contribution in [0.5, 0.6) is 0 Å². The van der Waals surface area contributed by atoms with Gasteiger partial charge in [-0.15, -0.1) is 10.2 Å². The van der Waals surface area contributed by atoms with Crippen molar-refractivity contribution < 1.29 is 0 Å². The van der Waals surface area contributed by atoms with E-state index in [9.17, 15) is 4.79 Å². The van der Waals surface area contributed by atoms with Crippen molar-refractivity contribution in [3.63, 3.8) is 0 Å². The minimum atomic E-state index is -0.0590. The van der Waals surface area contributed by atoms with E-state index in [1.165, 1.54) is 10.9 Å². The Morgan fingerprint density at radius 3 is 2.81 bits per heavy atom. The van der Waals surface area contributed by atoms with Gasteiger partial charge >= 0.3 is 0 Å². The van der Waals surface area contributed by atoms with Crippen LogP contribution in [0, 0.1) is 10.5 Å². The summed E-state index contributed by atoms with van der Waals surface area (Å²) in [4.78, 5) is 15.7. The molecular weight excluding hydrogens is 321 g/mol. The fourth-order valence-electron chi connectivity index (χ4n) is 1.28.